The quantitative estimate of drug-likeness (QED) is 0.711. The van der Waals surface area contributed by atoms with Gasteiger partial charge in [-0.25, -0.2) is 10.3 Å². The minimum absolute atomic E-state index is 0.150. The summed E-state index contributed by atoms with van der Waals surface area (Å²) in [5.41, 5.74) is 3.41. The zero-order valence-electron chi connectivity index (χ0n) is 16.3. The maximum Gasteiger partial charge on any atom is 0.410 e. The third-order valence-electron chi connectivity index (χ3n) is 3.78. The number of carbonyl (C=O) groups excluding carboxylic acids is 3. The van der Waals surface area contributed by atoms with Gasteiger partial charge in [0.2, 0.25) is 0 Å². The van der Waals surface area contributed by atoms with Gasteiger partial charge in [0.25, 0.3) is 5.91 Å². The van der Waals surface area contributed by atoms with Crippen molar-refractivity contribution in [2.75, 3.05) is 20.8 Å². The first-order chi connectivity index (χ1) is 12.7. The molecule has 2 aliphatic rings. The number of nitrogens with zero attached hydrogens (tertiary/aromatic N) is 3. The Labute approximate surface area is 157 Å². The van der Waals surface area contributed by atoms with Gasteiger partial charge in [0.05, 0.1) is 18.8 Å². The molecule has 10 nitrogen and oxygen atoms in total. The van der Waals surface area contributed by atoms with Gasteiger partial charge < -0.3 is 19.2 Å². The summed E-state index contributed by atoms with van der Waals surface area (Å²) in [5, 5.41) is 4.41. The van der Waals surface area contributed by atoms with E-state index in [4.69, 9.17) is 9.57 Å². The SMILES string of the molecule is CC(C)(C)OC(=O)N1CCc2nn3c(c2C1)C(=O)NOC(C=O)C3.COC. The number of hydrogen-bond donors (Lipinski definition) is 1. The molecule has 0 saturated heterocycles. The van der Waals surface area contributed by atoms with Gasteiger partial charge in [-0.3, -0.25) is 14.3 Å². The number of hydrogen-bond acceptors (Lipinski definition) is 7. The molecule has 1 aromatic rings. The lowest BCUT2D eigenvalue weighted by atomic mass is 10.1. The molecule has 0 bridgehead atoms. The predicted octanol–water partition coefficient (Wildman–Crippen LogP) is 0.681. The molecule has 27 heavy (non-hydrogen) atoms. The van der Waals surface area contributed by atoms with E-state index >= 15 is 0 Å². The molecule has 150 valence electrons. The first-order valence-corrected chi connectivity index (χ1v) is 8.58. The molecule has 3 rings (SSSR count). The van der Waals surface area contributed by atoms with Crippen molar-refractivity contribution in [3.05, 3.63) is 17.0 Å². The summed E-state index contributed by atoms with van der Waals surface area (Å²) >= 11 is 0. The zero-order chi connectivity index (χ0) is 20.2. The van der Waals surface area contributed by atoms with Crippen molar-refractivity contribution in [3.63, 3.8) is 0 Å². The van der Waals surface area contributed by atoms with Crippen molar-refractivity contribution in [1.82, 2.24) is 20.2 Å². The number of aromatic nitrogens is 2. The fourth-order valence-electron chi connectivity index (χ4n) is 2.75. The average molecular weight is 382 g/mol. The summed E-state index contributed by atoms with van der Waals surface area (Å²) in [6.45, 7) is 6.26. The largest absolute Gasteiger partial charge is 0.444 e. The van der Waals surface area contributed by atoms with Crippen LogP contribution >= 0.6 is 0 Å². The van der Waals surface area contributed by atoms with Gasteiger partial charge in [-0.15, -0.1) is 0 Å². The van der Waals surface area contributed by atoms with E-state index in [9.17, 15) is 14.4 Å². The van der Waals surface area contributed by atoms with E-state index in [1.807, 2.05) is 0 Å². The fourth-order valence-corrected chi connectivity index (χ4v) is 2.75. The highest BCUT2D eigenvalue weighted by Crippen LogP contribution is 2.25. The van der Waals surface area contributed by atoms with E-state index in [-0.39, 0.29) is 13.1 Å². The van der Waals surface area contributed by atoms with Crippen LogP contribution < -0.4 is 5.48 Å². The maximum absolute atomic E-state index is 12.3. The van der Waals surface area contributed by atoms with Crippen LogP contribution in [0.4, 0.5) is 4.79 Å². The topological polar surface area (TPSA) is 112 Å². The highest BCUT2D eigenvalue weighted by atomic mass is 16.7. The first-order valence-electron chi connectivity index (χ1n) is 8.58. The van der Waals surface area contributed by atoms with Crippen molar-refractivity contribution in [2.45, 2.75) is 52.0 Å². The van der Waals surface area contributed by atoms with E-state index in [2.05, 4.69) is 15.3 Å². The standard InChI is InChI=1S/C15H20N4O5.C2H6O/c1-15(2,3)23-14(22)18-5-4-11-10(7-18)12-13(21)17-24-9(8-20)6-19(12)16-11;1-3-2/h8-9H,4-7H2,1-3H3,(H,17,21);1-2H3. The van der Waals surface area contributed by atoms with Crippen LogP contribution in [0.25, 0.3) is 0 Å². The van der Waals surface area contributed by atoms with E-state index in [1.165, 1.54) is 4.68 Å². The van der Waals surface area contributed by atoms with E-state index in [0.717, 1.165) is 5.69 Å². The highest BCUT2D eigenvalue weighted by molar-refractivity contribution is 5.94. The summed E-state index contributed by atoms with van der Waals surface area (Å²) in [4.78, 5) is 42.0. The Morgan fingerprint density at radius 1 is 1.37 bits per heavy atom. The Balaban J connectivity index is 0.000000817. The molecular weight excluding hydrogens is 356 g/mol. The van der Waals surface area contributed by atoms with Gasteiger partial charge in [0, 0.05) is 32.7 Å². The van der Waals surface area contributed by atoms with Crippen LogP contribution in [0.1, 0.15) is 42.5 Å². The Hall–Kier alpha value is -2.46. The predicted molar refractivity (Wildman–Crippen MR) is 93.9 cm³/mol. The molecule has 2 aliphatic heterocycles. The molecule has 1 atom stereocenters. The van der Waals surface area contributed by atoms with Crippen LogP contribution in [-0.2, 0) is 38.6 Å². The third-order valence-corrected chi connectivity index (χ3v) is 3.78. The van der Waals surface area contributed by atoms with E-state index < -0.39 is 23.7 Å². The van der Waals surface area contributed by atoms with Crippen molar-refractivity contribution >= 4 is 18.3 Å². The molecule has 0 fully saturated rings. The number of methoxy groups -OCH3 is 1. The second kappa shape index (κ2) is 8.49. The van der Waals surface area contributed by atoms with Gasteiger partial charge in [-0.1, -0.05) is 0 Å². The molecule has 1 unspecified atom stereocenters. The Morgan fingerprint density at radius 2 is 2.04 bits per heavy atom. The summed E-state index contributed by atoms with van der Waals surface area (Å²) in [6, 6.07) is 0. The Bertz CT molecular complexity index is 709. The molecule has 0 aliphatic carbocycles. The molecule has 3 heterocycles. The summed E-state index contributed by atoms with van der Waals surface area (Å²) in [7, 11) is 3.25. The third kappa shape index (κ3) is 5.04. The Morgan fingerprint density at radius 3 is 2.63 bits per heavy atom. The van der Waals surface area contributed by atoms with Gasteiger partial charge >= 0.3 is 6.09 Å². The van der Waals surface area contributed by atoms with Gasteiger partial charge in [0.1, 0.15) is 11.3 Å². The molecule has 10 heteroatoms. The van der Waals surface area contributed by atoms with Crippen molar-refractivity contribution in [3.8, 4) is 0 Å². The van der Waals surface area contributed by atoms with Crippen LogP contribution in [0.5, 0.6) is 0 Å². The minimum atomic E-state index is -0.793. The summed E-state index contributed by atoms with van der Waals surface area (Å²) in [5.74, 6) is -0.473. The minimum Gasteiger partial charge on any atom is -0.444 e. The zero-order valence-corrected chi connectivity index (χ0v) is 16.3. The number of ether oxygens (including phenoxy) is 2. The van der Waals surface area contributed by atoms with Crippen molar-refractivity contribution < 1.29 is 28.7 Å². The number of amides is 2. The number of nitrogens with one attached hydrogen (secondary N) is 1. The number of carbonyl (C=O) groups is 3. The number of aldehydes is 1. The number of fused-ring (bicyclic) bond motifs is 3. The van der Waals surface area contributed by atoms with Crippen LogP contribution in [0.3, 0.4) is 0 Å². The van der Waals surface area contributed by atoms with Crippen LogP contribution in [0.15, 0.2) is 0 Å². The summed E-state index contributed by atoms with van der Waals surface area (Å²) in [6.07, 6.45) is -0.0833. The highest BCUT2D eigenvalue weighted by Gasteiger charge is 2.34. The van der Waals surface area contributed by atoms with Gasteiger partial charge in [-0.2, -0.15) is 5.10 Å². The molecular formula is C17H26N4O6. The van der Waals surface area contributed by atoms with Gasteiger partial charge in [0.15, 0.2) is 12.4 Å². The second-order valence-corrected chi connectivity index (χ2v) is 7.24. The Kier molecular flexibility index (Phi) is 6.55. The molecule has 1 aromatic heterocycles. The van der Waals surface area contributed by atoms with Crippen molar-refractivity contribution in [1.29, 1.82) is 0 Å². The van der Waals surface area contributed by atoms with Gasteiger partial charge in [-0.05, 0) is 20.8 Å². The number of rotatable bonds is 1. The smallest absolute Gasteiger partial charge is 0.410 e. The monoisotopic (exact) mass is 382 g/mol. The molecule has 0 radical (unpaired) electrons. The van der Waals surface area contributed by atoms with Crippen LogP contribution in [0, 0.1) is 0 Å². The van der Waals surface area contributed by atoms with Crippen LogP contribution in [-0.4, -0.2) is 65.4 Å². The fraction of sp³-hybridized carbons (Fsp3) is 0.647. The molecule has 2 amide bonds. The molecule has 1 N–H and O–H groups in total. The van der Waals surface area contributed by atoms with Crippen LogP contribution in [0.2, 0.25) is 0 Å². The maximum atomic E-state index is 12.3. The second-order valence-electron chi connectivity index (χ2n) is 7.24. The molecule has 0 saturated carbocycles. The first kappa shape index (κ1) is 20.8. The lowest BCUT2D eigenvalue weighted by Crippen LogP contribution is -2.40. The molecule has 0 aromatic carbocycles. The lowest BCUT2D eigenvalue weighted by Gasteiger charge is -2.29. The average Bonchev–Trinajstić information content (AvgIpc) is 2.86. The van der Waals surface area contributed by atoms with E-state index in [0.29, 0.717) is 30.5 Å². The number of hydroxylamine groups is 1. The van der Waals surface area contributed by atoms with Crippen molar-refractivity contribution in [2.24, 2.45) is 0 Å². The summed E-state index contributed by atoms with van der Waals surface area (Å²) < 4.78 is 11.1. The lowest BCUT2D eigenvalue weighted by molar-refractivity contribution is -0.122. The molecule has 0 spiro atoms. The van der Waals surface area contributed by atoms with E-state index in [1.54, 1.807) is 39.9 Å². The normalized spacial score (nSPS) is 18.9.